The lowest BCUT2D eigenvalue weighted by molar-refractivity contribution is -0.115. The molecular weight excluding hydrogens is 354 g/mol. The number of carbonyl (C=O) groups is 1. The number of benzene rings is 2. The first kappa shape index (κ1) is 17.8. The molecule has 0 radical (unpaired) electrons. The van der Waals surface area contributed by atoms with Gasteiger partial charge in [-0.05, 0) is 25.5 Å². The molecule has 0 aliphatic carbocycles. The molecule has 2 aromatic carbocycles. The second-order valence-electron chi connectivity index (χ2n) is 6.77. The molecule has 1 aromatic heterocycles. The third-order valence-corrected chi connectivity index (χ3v) is 4.79. The Morgan fingerprint density at radius 1 is 1.18 bits per heavy atom. The first-order valence-corrected chi connectivity index (χ1v) is 8.99. The number of rotatable bonds is 5. The Hall–Kier alpha value is -3.61. The van der Waals surface area contributed by atoms with Gasteiger partial charge in [-0.1, -0.05) is 48.0 Å². The first-order valence-electron chi connectivity index (χ1n) is 8.99. The van der Waals surface area contributed by atoms with Gasteiger partial charge in [0.2, 0.25) is 11.9 Å². The highest BCUT2D eigenvalue weighted by Crippen LogP contribution is 2.38. The van der Waals surface area contributed by atoms with Crippen LogP contribution in [0, 0.1) is 6.92 Å². The van der Waals surface area contributed by atoms with Gasteiger partial charge in [0.05, 0.1) is 5.57 Å². The summed E-state index contributed by atoms with van der Waals surface area (Å²) in [5.41, 5.74) is 9.86. The van der Waals surface area contributed by atoms with Crippen molar-refractivity contribution in [3.05, 3.63) is 82.8 Å². The molecule has 0 unspecified atom stereocenters. The van der Waals surface area contributed by atoms with Gasteiger partial charge in [0.15, 0.2) is 0 Å². The summed E-state index contributed by atoms with van der Waals surface area (Å²) in [6, 6.07) is 15.3. The Balaban J connectivity index is 1.73. The molecule has 142 valence electrons. The molecule has 0 spiro atoms. The molecule has 1 aliphatic heterocycles. The zero-order chi connectivity index (χ0) is 19.7. The minimum absolute atomic E-state index is 0.418. The van der Waals surface area contributed by atoms with Gasteiger partial charge in [0.25, 0.3) is 0 Å². The molecule has 7 nitrogen and oxygen atoms in total. The average molecular weight is 375 g/mol. The SMILES string of the molecule is CC1=C(C(N)=O)[C@H](c2ccccc2OCc2ccc(C)cc2)n2ncnc2N1. The number of allylic oxidation sites excluding steroid dienone is 1. The fraction of sp³-hybridized carbons (Fsp3) is 0.190. The molecule has 1 aliphatic rings. The Bertz CT molecular complexity index is 1050. The van der Waals surface area contributed by atoms with Gasteiger partial charge in [0.1, 0.15) is 24.7 Å². The second-order valence-corrected chi connectivity index (χ2v) is 6.77. The number of nitrogens with one attached hydrogen (secondary N) is 1. The topological polar surface area (TPSA) is 95.1 Å². The molecule has 0 saturated carbocycles. The van der Waals surface area contributed by atoms with E-state index in [-0.39, 0.29) is 0 Å². The summed E-state index contributed by atoms with van der Waals surface area (Å²) < 4.78 is 7.77. The summed E-state index contributed by atoms with van der Waals surface area (Å²) in [6.45, 7) is 4.27. The van der Waals surface area contributed by atoms with Crippen molar-refractivity contribution in [3.63, 3.8) is 0 Å². The first-order chi connectivity index (χ1) is 13.5. The van der Waals surface area contributed by atoms with Gasteiger partial charge in [-0.2, -0.15) is 10.1 Å². The lowest BCUT2D eigenvalue weighted by atomic mass is 9.94. The van der Waals surface area contributed by atoms with Gasteiger partial charge in [-0.3, -0.25) is 4.79 Å². The lowest BCUT2D eigenvalue weighted by Gasteiger charge is -2.28. The van der Waals surface area contributed by atoms with Crippen molar-refractivity contribution in [1.29, 1.82) is 0 Å². The molecule has 3 N–H and O–H groups in total. The van der Waals surface area contributed by atoms with E-state index < -0.39 is 11.9 Å². The van der Waals surface area contributed by atoms with Crippen LogP contribution in [0.3, 0.4) is 0 Å². The third-order valence-electron chi connectivity index (χ3n) is 4.79. The largest absolute Gasteiger partial charge is 0.489 e. The molecule has 2 heterocycles. The van der Waals surface area contributed by atoms with Gasteiger partial charge < -0.3 is 15.8 Å². The van der Waals surface area contributed by atoms with E-state index in [1.807, 2.05) is 43.3 Å². The third kappa shape index (κ3) is 3.22. The molecule has 0 fully saturated rings. The van der Waals surface area contributed by atoms with E-state index in [0.29, 0.717) is 29.6 Å². The minimum Gasteiger partial charge on any atom is -0.489 e. The number of fused-ring (bicyclic) bond motifs is 1. The summed E-state index contributed by atoms with van der Waals surface area (Å²) in [7, 11) is 0. The molecular formula is C21H21N5O2. The highest BCUT2D eigenvalue weighted by molar-refractivity contribution is 5.95. The smallest absolute Gasteiger partial charge is 0.248 e. The molecule has 4 rings (SSSR count). The number of carbonyl (C=O) groups excluding carboxylic acids is 1. The van der Waals surface area contributed by atoms with Crippen molar-refractivity contribution in [3.8, 4) is 5.75 Å². The van der Waals surface area contributed by atoms with E-state index in [4.69, 9.17) is 10.5 Å². The predicted molar refractivity (Wildman–Crippen MR) is 106 cm³/mol. The predicted octanol–water partition coefficient (Wildman–Crippen LogP) is 2.94. The van der Waals surface area contributed by atoms with E-state index >= 15 is 0 Å². The average Bonchev–Trinajstić information content (AvgIpc) is 3.14. The van der Waals surface area contributed by atoms with E-state index in [9.17, 15) is 4.79 Å². The van der Waals surface area contributed by atoms with Crippen LogP contribution in [0.2, 0.25) is 0 Å². The Labute approximate surface area is 162 Å². The number of para-hydroxylation sites is 1. The van der Waals surface area contributed by atoms with Crippen LogP contribution in [0.15, 0.2) is 66.1 Å². The number of aryl methyl sites for hydroxylation is 1. The minimum atomic E-state index is -0.510. The van der Waals surface area contributed by atoms with Crippen LogP contribution >= 0.6 is 0 Å². The number of ether oxygens (including phenoxy) is 1. The van der Waals surface area contributed by atoms with Crippen molar-refractivity contribution in [2.24, 2.45) is 5.73 Å². The van der Waals surface area contributed by atoms with Crippen LogP contribution in [0.4, 0.5) is 5.95 Å². The zero-order valence-corrected chi connectivity index (χ0v) is 15.7. The fourth-order valence-corrected chi connectivity index (χ4v) is 3.38. The van der Waals surface area contributed by atoms with Crippen LogP contribution in [0.1, 0.15) is 29.7 Å². The van der Waals surface area contributed by atoms with Crippen molar-refractivity contribution in [2.75, 3.05) is 5.32 Å². The molecule has 0 bridgehead atoms. The van der Waals surface area contributed by atoms with Crippen LogP contribution in [0.25, 0.3) is 0 Å². The summed E-state index contributed by atoms with van der Waals surface area (Å²) >= 11 is 0. The van der Waals surface area contributed by atoms with Crippen LogP contribution in [0.5, 0.6) is 5.75 Å². The maximum Gasteiger partial charge on any atom is 0.248 e. The van der Waals surface area contributed by atoms with Crippen molar-refractivity contribution >= 4 is 11.9 Å². The van der Waals surface area contributed by atoms with E-state index in [1.165, 1.54) is 11.9 Å². The molecule has 0 saturated heterocycles. The number of hydrogen-bond acceptors (Lipinski definition) is 5. The summed E-state index contributed by atoms with van der Waals surface area (Å²) in [5, 5.41) is 7.38. The monoisotopic (exact) mass is 375 g/mol. The number of primary amides is 1. The second kappa shape index (κ2) is 7.19. The number of hydrogen-bond donors (Lipinski definition) is 2. The maximum atomic E-state index is 12.2. The molecule has 7 heteroatoms. The molecule has 1 amide bonds. The zero-order valence-electron chi connectivity index (χ0n) is 15.7. The normalized spacial score (nSPS) is 15.7. The van der Waals surface area contributed by atoms with Crippen LogP contribution in [-0.2, 0) is 11.4 Å². The van der Waals surface area contributed by atoms with Gasteiger partial charge in [-0.15, -0.1) is 0 Å². The fourth-order valence-electron chi connectivity index (χ4n) is 3.38. The Morgan fingerprint density at radius 3 is 2.68 bits per heavy atom. The number of nitrogens with two attached hydrogens (primary N) is 1. The molecule has 1 atom stereocenters. The Kier molecular flexibility index (Phi) is 4.57. The standard InChI is InChI=1S/C21H21N5O2/c1-13-7-9-15(10-8-13)11-28-17-6-4-3-5-16(17)19-18(20(22)27)14(2)25-21-23-12-24-26(19)21/h3-10,12,19H,11H2,1-2H3,(H2,22,27)(H,23,24,25)/t19-/m0/s1. The highest BCUT2D eigenvalue weighted by atomic mass is 16.5. The van der Waals surface area contributed by atoms with Crippen molar-refractivity contribution < 1.29 is 9.53 Å². The maximum absolute atomic E-state index is 12.2. The van der Waals surface area contributed by atoms with E-state index in [2.05, 4.69) is 27.5 Å². The summed E-state index contributed by atoms with van der Waals surface area (Å²) in [6.07, 6.45) is 1.45. The van der Waals surface area contributed by atoms with E-state index in [1.54, 1.807) is 11.6 Å². The van der Waals surface area contributed by atoms with Gasteiger partial charge in [-0.25, -0.2) is 4.68 Å². The van der Waals surface area contributed by atoms with Crippen LogP contribution < -0.4 is 15.8 Å². The number of anilines is 1. The van der Waals surface area contributed by atoms with Gasteiger partial charge >= 0.3 is 0 Å². The highest BCUT2D eigenvalue weighted by Gasteiger charge is 2.33. The summed E-state index contributed by atoms with van der Waals surface area (Å²) in [4.78, 5) is 16.4. The molecule has 28 heavy (non-hydrogen) atoms. The van der Waals surface area contributed by atoms with Crippen LogP contribution in [-0.4, -0.2) is 20.7 Å². The van der Waals surface area contributed by atoms with E-state index in [0.717, 1.165) is 11.1 Å². The summed E-state index contributed by atoms with van der Waals surface area (Å²) in [5.74, 6) is 0.716. The van der Waals surface area contributed by atoms with Crippen molar-refractivity contribution in [1.82, 2.24) is 14.8 Å². The van der Waals surface area contributed by atoms with Crippen molar-refractivity contribution in [2.45, 2.75) is 26.5 Å². The number of amides is 1. The Morgan fingerprint density at radius 2 is 1.93 bits per heavy atom. The lowest BCUT2D eigenvalue weighted by Crippen LogP contribution is -2.32. The number of nitrogens with zero attached hydrogens (tertiary/aromatic N) is 3. The number of aromatic nitrogens is 3. The molecule has 3 aromatic rings. The van der Waals surface area contributed by atoms with Gasteiger partial charge in [0, 0.05) is 11.3 Å². The quantitative estimate of drug-likeness (QED) is 0.715.